The van der Waals surface area contributed by atoms with Gasteiger partial charge in [-0.2, -0.15) is 0 Å². The molecule has 0 radical (unpaired) electrons. The lowest BCUT2D eigenvalue weighted by Crippen LogP contribution is -2.53. The Hall–Kier alpha value is -2.90. The number of imide groups is 1. The first-order valence-corrected chi connectivity index (χ1v) is 9.17. The van der Waals surface area contributed by atoms with Crippen molar-refractivity contribution in [2.75, 3.05) is 31.1 Å². The highest BCUT2D eigenvalue weighted by Crippen LogP contribution is 2.19. The minimum Gasteiger partial charge on any atom is -0.331 e. The fourth-order valence-electron chi connectivity index (χ4n) is 3.34. The summed E-state index contributed by atoms with van der Waals surface area (Å²) in [6, 6.07) is 6.36. The van der Waals surface area contributed by atoms with Gasteiger partial charge in [-0.25, -0.2) is 4.79 Å². The maximum atomic E-state index is 12.5. The fraction of sp³-hybridized carbons (Fsp3) is 0.474. The number of nitrogens with one attached hydrogen (secondary N) is 1. The number of piperazine rings is 1. The van der Waals surface area contributed by atoms with E-state index in [0.29, 0.717) is 26.1 Å². The van der Waals surface area contributed by atoms with Crippen LogP contribution in [-0.2, 0) is 14.4 Å². The zero-order chi connectivity index (χ0) is 19.6. The molecular weight excluding hydrogens is 348 g/mol. The van der Waals surface area contributed by atoms with Gasteiger partial charge < -0.3 is 15.1 Å². The molecule has 1 aromatic rings. The van der Waals surface area contributed by atoms with E-state index < -0.39 is 12.1 Å². The van der Waals surface area contributed by atoms with Crippen molar-refractivity contribution in [1.29, 1.82) is 0 Å². The Bertz CT molecular complexity index is 761. The summed E-state index contributed by atoms with van der Waals surface area (Å²) in [4.78, 5) is 53.3. The van der Waals surface area contributed by atoms with E-state index in [0.717, 1.165) is 16.2 Å². The predicted molar refractivity (Wildman–Crippen MR) is 99.1 cm³/mol. The van der Waals surface area contributed by atoms with E-state index in [9.17, 15) is 19.2 Å². The van der Waals surface area contributed by atoms with Crippen LogP contribution in [0.5, 0.6) is 0 Å². The highest BCUT2D eigenvalue weighted by molar-refractivity contribution is 6.06. The molecule has 2 aliphatic heterocycles. The van der Waals surface area contributed by atoms with Crippen molar-refractivity contribution in [1.82, 2.24) is 15.1 Å². The van der Waals surface area contributed by atoms with Crippen LogP contribution in [-0.4, -0.2) is 65.8 Å². The summed E-state index contributed by atoms with van der Waals surface area (Å²) in [5, 5.41) is 2.55. The number of hydrogen-bond acceptors (Lipinski definition) is 4. The second kappa shape index (κ2) is 7.77. The Labute approximate surface area is 158 Å². The topological polar surface area (TPSA) is 90.0 Å². The van der Waals surface area contributed by atoms with Gasteiger partial charge in [0, 0.05) is 25.3 Å². The number of anilines is 1. The number of urea groups is 1. The number of nitrogens with zero attached hydrogens (tertiary/aromatic N) is 3. The predicted octanol–water partition coefficient (Wildman–Crippen LogP) is 0.891. The molecule has 2 aliphatic rings. The second-order valence-electron chi connectivity index (χ2n) is 6.89. The summed E-state index contributed by atoms with van der Waals surface area (Å²) in [5.41, 5.74) is 1.92. The van der Waals surface area contributed by atoms with Gasteiger partial charge >= 0.3 is 6.03 Å². The normalized spacial score (nSPS) is 20.3. The highest BCUT2D eigenvalue weighted by atomic mass is 16.2. The van der Waals surface area contributed by atoms with Gasteiger partial charge in [0.15, 0.2) is 0 Å². The van der Waals surface area contributed by atoms with Gasteiger partial charge in [-0.1, -0.05) is 24.6 Å². The average Bonchev–Trinajstić information content (AvgIpc) is 2.90. The van der Waals surface area contributed by atoms with E-state index >= 15 is 0 Å². The molecule has 0 saturated carbocycles. The molecular formula is C19H24N4O4. The molecule has 1 aromatic carbocycles. The number of carbonyl (C=O) groups excluding carboxylic acids is 4. The van der Waals surface area contributed by atoms with Crippen molar-refractivity contribution >= 4 is 29.4 Å². The monoisotopic (exact) mass is 372 g/mol. The van der Waals surface area contributed by atoms with Crippen LogP contribution in [0.15, 0.2) is 24.3 Å². The standard InChI is InChI=1S/C19H24N4O4/c1-3-8-23-18(26)15(20-19(23)27)11-16(24)21-9-10-22(17(25)12-21)14-6-4-13(2)5-7-14/h4-7,15H,3,8-12H2,1-2H3,(H,20,27)/t15-/m0/s1. The minimum atomic E-state index is -0.846. The van der Waals surface area contributed by atoms with Crippen molar-refractivity contribution in [3.63, 3.8) is 0 Å². The maximum absolute atomic E-state index is 12.5. The Morgan fingerprint density at radius 3 is 2.48 bits per heavy atom. The molecule has 27 heavy (non-hydrogen) atoms. The lowest BCUT2D eigenvalue weighted by atomic mass is 10.1. The van der Waals surface area contributed by atoms with Gasteiger partial charge in [0.25, 0.3) is 5.91 Å². The van der Waals surface area contributed by atoms with Crippen LogP contribution < -0.4 is 10.2 Å². The van der Waals surface area contributed by atoms with Gasteiger partial charge in [0.1, 0.15) is 12.6 Å². The van der Waals surface area contributed by atoms with Crippen LogP contribution in [0.4, 0.5) is 10.5 Å². The SMILES string of the molecule is CCCN1C(=O)N[C@@H](CC(=O)N2CCN(c3ccc(C)cc3)C(=O)C2)C1=O. The molecule has 0 bridgehead atoms. The summed E-state index contributed by atoms with van der Waals surface area (Å²) >= 11 is 0. The maximum Gasteiger partial charge on any atom is 0.324 e. The molecule has 3 rings (SSSR count). The lowest BCUT2D eigenvalue weighted by Gasteiger charge is -2.34. The molecule has 0 unspecified atom stereocenters. The van der Waals surface area contributed by atoms with Gasteiger partial charge in [-0.3, -0.25) is 19.3 Å². The molecule has 1 N–H and O–H groups in total. The Morgan fingerprint density at radius 1 is 1.15 bits per heavy atom. The van der Waals surface area contributed by atoms with Crippen LogP contribution in [0.3, 0.4) is 0 Å². The van der Waals surface area contributed by atoms with E-state index in [1.807, 2.05) is 38.1 Å². The molecule has 8 nitrogen and oxygen atoms in total. The Balaban J connectivity index is 1.58. The van der Waals surface area contributed by atoms with Gasteiger partial charge in [-0.05, 0) is 25.5 Å². The van der Waals surface area contributed by atoms with Crippen molar-refractivity contribution in [2.45, 2.75) is 32.7 Å². The third kappa shape index (κ3) is 3.94. The molecule has 0 aliphatic carbocycles. The number of aryl methyl sites for hydroxylation is 1. The van der Waals surface area contributed by atoms with Crippen LogP contribution in [0.1, 0.15) is 25.3 Å². The molecule has 0 spiro atoms. The quantitative estimate of drug-likeness (QED) is 0.778. The summed E-state index contributed by atoms with van der Waals surface area (Å²) in [6.45, 7) is 4.96. The number of amides is 5. The summed E-state index contributed by atoms with van der Waals surface area (Å²) in [5.74, 6) is -0.837. The Morgan fingerprint density at radius 2 is 1.85 bits per heavy atom. The molecule has 5 amide bonds. The summed E-state index contributed by atoms with van der Waals surface area (Å²) in [6.07, 6.45) is 0.540. The van der Waals surface area contributed by atoms with E-state index in [1.165, 1.54) is 4.90 Å². The Kier molecular flexibility index (Phi) is 5.43. The lowest BCUT2D eigenvalue weighted by molar-refractivity contribution is -0.139. The van der Waals surface area contributed by atoms with Gasteiger partial charge in [0.2, 0.25) is 11.8 Å². The molecule has 8 heteroatoms. The molecule has 144 valence electrons. The second-order valence-corrected chi connectivity index (χ2v) is 6.89. The average molecular weight is 372 g/mol. The van der Waals surface area contributed by atoms with Crippen LogP contribution in [0.2, 0.25) is 0 Å². The van der Waals surface area contributed by atoms with Crippen molar-refractivity contribution in [2.24, 2.45) is 0 Å². The van der Waals surface area contributed by atoms with Crippen LogP contribution in [0, 0.1) is 6.92 Å². The van der Waals surface area contributed by atoms with E-state index in [-0.39, 0.29) is 30.7 Å². The van der Waals surface area contributed by atoms with Crippen molar-refractivity contribution < 1.29 is 19.2 Å². The van der Waals surface area contributed by atoms with Gasteiger partial charge in [0.05, 0.1) is 6.42 Å². The first kappa shape index (κ1) is 18.9. The molecule has 1 atom stereocenters. The van der Waals surface area contributed by atoms with Crippen molar-refractivity contribution in [3.8, 4) is 0 Å². The summed E-state index contributed by atoms with van der Waals surface area (Å²) < 4.78 is 0. The first-order valence-electron chi connectivity index (χ1n) is 9.17. The number of benzene rings is 1. The molecule has 2 saturated heterocycles. The summed E-state index contributed by atoms with van der Waals surface area (Å²) in [7, 11) is 0. The number of rotatable bonds is 5. The molecule has 0 aromatic heterocycles. The third-order valence-corrected chi connectivity index (χ3v) is 4.85. The van der Waals surface area contributed by atoms with Crippen LogP contribution in [0.25, 0.3) is 0 Å². The molecule has 2 heterocycles. The first-order chi connectivity index (χ1) is 12.9. The smallest absolute Gasteiger partial charge is 0.324 e. The zero-order valence-electron chi connectivity index (χ0n) is 15.6. The van der Waals surface area contributed by atoms with E-state index in [2.05, 4.69) is 5.32 Å². The van der Waals surface area contributed by atoms with Gasteiger partial charge in [-0.15, -0.1) is 0 Å². The molecule has 2 fully saturated rings. The van der Waals surface area contributed by atoms with Crippen molar-refractivity contribution in [3.05, 3.63) is 29.8 Å². The largest absolute Gasteiger partial charge is 0.331 e. The number of hydrogen-bond donors (Lipinski definition) is 1. The van der Waals surface area contributed by atoms with Crippen LogP contribution >= 0.6 is 0 Å². The minimum absolute atomic E-state index is 0.0275. The zero-order valence-corrected chi connectivity index (χ0v) is 15.6. The third-order valence-electron chi connectivity index (χ3n) is 4.85. The highest BCUT2D eigenvalue weighted by Gasteiger charge is 2.40. The number of carbonyl (C=O) groups is 4. The fourth-order valence-corrected chi connectivity index (χ4v) is 3.34. The van der Waals surface area contributed by atoms with E-state index in [4.69, 9.17) is 0 Å². The van der Waals surface area contributed by atoms with E-state index in [1.54, 1.807) is 4.90 Å².